The summed E-state index contributed by atoms with van der Waals surface area (Å²) in [6, 6.07) is 2.74. The highest BCUT2D eigenvalue weighted by molar-refractivity contribution is 6.29. The molecule has 1 atom stereocenters. The molecule has 2 N–H and O–H groups in total. The van der Waals surface area contributed by atoms with Crippen molar-refractivity contribution in [2.24, 2.45) is 10.7 Å². The van der Waals surface area contributed by atoms with Crippen molar-refractivity contribution in [3.63, 3.8) is 0 Å². The van der Waals surface area contributed by atoms with Gasteiger partial charge in [0.1, 0.15) is 11.0 Å². The summed E-state index contributed by atoms with van der Waals surface area (Å²) in [5.41, 5.74) is 5.62. The first-order chi connectivity index (χ1) is 7.54. The zero-order valence-corrected chi connectivity index (χ0v) is 9.83. The van der Waals surface area contributed by atoms with Gasteiger partial charge in [-0.25, -0.2) is 14.4 Å². The molecule has 0 radical (unpaired) electrons. The third-order valence-corrected chi connectivity index (χ3v) is 2.22. The van der Waals surface area contributed by atoms with Crippen molar-refractivity contribution >= 4 is 17.6 Å². The third kappa shape index (κ3) is 3.34. The average Bonchev–Trinajstić information content (AvgIpc) is 2.28. The molecule has 1 heterocycles. The molecular weight excluding hydrogens is 233 g/mol. The van der Waals surface area contributed by atoms with Gasteiger partial charge >= 0.3 is 0 Å². The molecule has 0 aliphatic rings. The number of rotatable bonds is 3. The predicted octanol–water partition coefficient (Wildman–Crippen LogP) is 1.94. The molecule has 0 aromatic carbocycles. The van der Waals surface area contributed by atoms with E-state index in [1.54, 1.807) is 6.92 Å². The zero-order chi connectivity index (χ0) is 12.1. The van der Waals surface area contributed by atoms with Gasteiger partial charge in [-0.3, -0.25) is 0 Å². The molecule has 1 aromatic heterocycles. The molecule has 0 saturated heterocycles. The number of nitrogens with zero attached hydrogens (tertiary/aromatic N) is 2. The van der Waals surface area contributed by atoms with Crippen molar-refractivity contribution in [1.82, 2.24) is 4.98 Å². The molecule has 16 heavy (non-hydrogen) atoms. The molecule has 6 heteroatoms. The van der Waals surface area contributed by atoms with Gasteiger partial charge in [-0.05, 0) is 12.1 Å². The van der Waals surface area contributed by atoms with Gasteiger partial charge in [0.15, 0.2) is 0 Å². The van der Waals surface area contributed by atoms with Gasteiger partial charge in [0.2, 0.25) is 0 Å². The fourth-order valence-electron chi connectivity index (χ4n) is 1.13. The lowest BCUT2D eigenvalue weighted by Gasteiger charge is -2.12. The number of pyridine rings is 1. The highest BCUT2D eigenvalue weighted by Crippen LogP contribution is 2.19. The predicted molar refractivity (Wildman–Crippen MR) is 61.1 cm³/mol. The van der Waals surface area contributed by atoms with Crippen LogP contribution in [0.5, 0.6) is 0 Å². The lowest BCUT2D eigenvalue weighted by Crippen LogP contribution is -2.19. The van der Waals surface area contributed by atoms with Crippen LogP contribution in [0.3, 0.4) is 0 Å². The van der Waals surface area contributed by atoms with E-state index in [-0.39, 0.29) is 29.4 Å². The molecule has 4 nitrogen and oxygen atoms in total. The van der Waals surface area contributed by atoms with Crippen LogP contribution in [0.4, 0.5) is 4.39 Å². The Kier molecular flexibility index (Phi) is 4.49. The molecule has 0 fully saturated rings. The van der Waals surface area contributed by atoms with E-state index in [1.807, 2.05) is 0 Å². The number of hydrogen-bond acceptors (Lipinski definition) is 3. The van der Waals surface area contributed by atoms with Crippen LogP contribution in [-0.2, 0) is 4.74 Å². The van der Waals surface area contributed by atoms with Crippen molar-refractivity contribution in [2.45, 2.75) is 12.8 Å². The maximum atomic E-state index is 13.4. The van der Waals surface area contributed by atoms with Crippen molar-refractivity contribution in [3.05, 3.63) is 28.8 Å². The highest BCUT2D eigenvalue weighted by atomic mass is 35.5. The number of aliphatic imine (C=N–C) groups is 1. The van der Waals surface area contributed by atoms with E-state index in [0.29, 0.717) is 0 Å². The minimum absolute atomic E-state index is 0.0642. The first-order valence-corrected chi connectivity index (χ1v) is 5.09. The molecule has 0 aliphatic carbocycles. The van der Waals surface area contributed by atoms with Gasteiger partial charge in [0.25, 0.3) is 6.02 Å². The second-order valence-electron chi connectivity index (χ2n) is 3.27. The van der Waals surface area contributed by atoms with Crippen LogP contribution in [0.15, 0.2) is 17.1 Å². The summed E-state index contributed by atoms with van der Waals surface area (Å²) in [5, 5.41) is 0.250. The van der Waals surface area contributed by atoms with E-state index in [9.17, 15) is 4.39 Å². The van der Waals surface area contributed by atoms with E-state index in [4.69, 9.17) is 22.1 Å². The number of halogens is 2. The number of hydrogen-bond donors (Lipinski definition) is 1. The van der Waals surface area contributed by atoms with Crippen molar-refractivity contribution in [3.8, 4) is 0 Å². The standard InChI is InChI=1S/C10H13ClFN3O/c1-6(5-16-10(13)14-2)9-7(12)3-4-8(11)15-9/h3-4,6H,5H2,1-2H3,(H2,13,14)/t6-/m0/s1. The Bertz CT molecular complexity index is 398. The maximum Gasteiger partial charge on any atom is 0.281 e. The van der Waals surface area contributed by atoms with E-state index in [2.05, 4.69) is 9.98 Å². The largest absolute Gasteiger partial charge is 0.465 e. The minimum Gasteiger partial charge on any atom is -0.465 e. The Morgan fingerprint density at radius 1 is 1.69 bits per heavy atom. The van der Waals surface area contributed by atoms with Crippen LogP contribution in [-0.4, -0.2) is 24.7 Å². The van der Waals surface area contributed by atoms with Crippen molar-refractivity contribution in [2.75, 3.05) is 13.7 Å². The molecule has 88 valence electrons. The summed E-state index contributed by atoms with van der Waals surface area (Å²) in [6.45, 7) is 1.97. The van der Waals surface area contributed by atoms with E-state index < -0.39 is 5.82 Å². The Morgan fingerprint density at radius 2 is 2.38 bits per heavy atom. The molecule has 0 unspecified atom stereocenters. The molecule has 0 spiro atoms. The van der Waals surface area contributed by atoms with Crippen molar-refractivity contribution in [1.29, 1.82) is 0 Å². The number of aromatic nitrogens is 1. The van der Waals surface area contributed by atoms with E-state index in [1.165, 1.54) is 19.2 Å². The quantitative estimate of drug-likeness (QED) is 0.503. The van der Waals surface area contributed by atoms with Crippen LogP contribution >= 0.6 is 11.6 Å². The summed E-state index contributed by atoms with van der Waals surface area (Å²) >= 11 is 5.68. The van der Waals surface area contributed by atoms with E-state index >= 15 is 0 Å². The van der Waals surface area contributed by atoms with Crippen LogP contribution in [0.2, 0.25) is 5.15 Å². The third-order valence-electron chi connectivity index (χ3n) is 2.01. The van der Waals surface area contributed by atoms with Gasteiger partial charge in [0, 0.05) is 13.0 Å². The minimum atomic E-state index is -0.410. The summed E-state index contributed by atoms with van der Waals surface area (Å²) < 4.78 is 18.5. The fourth-order valence-corrected chi connectivity index (χ4v) is 1.29. The summed E-state index contributed by atoms with van der Waals surface area (Å²) in [5.74, 6) is -0.661. The van der Waals surface area contributed by atoms with Gasteiger partial charge < -0.3 is 10.5 Å². The summed E-state index contributed by atoms with van der Waals surface area (Å²) in [4.78, 5) is 7.53. The molecular formula is C10H13ClFN3O. The van der Waals surface area contributed by atoms with Gasteiger partial charge in [-0.15, -0.1) is 0 Å². The normalized spacial score (nSPS) is 13.6. The molecule has 1 aromatic rings. The second-order valence-corrected chi connectivity index (χ2v) is 3.66. The maximum absolute atomic E-state index is 13.4. The first kappa shape index (κ1) is 12.7. The van der Waals surface area contributed by atoms with Crippen LogP contribution in [0, 0.1) is 5.82 Å². The molecule has 0 bridgehead atoms. The van der Waals surface area contributed by atoms with Crippen molar-refractivity contribution < 1.29 is 9.13 Å². The lowest BCUT2D eigenvalue weighted by atomic mass is 10.1. The second kappa shape index (κ2) is 5.65. The number of amidine groups is 1. The highest BCUT2D eigenvalue weighted by Gasteiger charge is 2.14. The first-order valence-electron chi connectivity index (χ1n) is 4.71. The monoisotopic (exact) mass is 245 g/mol. The molecule has 0 amide bonds. The zero-order valence-electron chi connectivity index (χ0n) is 9.08. The Balaban J connectivity index is 2.72. The average molecular weight is 246 g/mol. The lowest BCUT2D eigenvalue weighted by molar-refractivity contribution is 0.273. The summed E-state index contributed by atoms with van der Waals surface area (Å²) in [7, 11) is 1.51. The van der Waals surface area contributed by atoms with Gasteiger partial charge in [-0.1, -0.05) is 18.5 Å². The SMILES string of the molecule is CN=C(N)OC[C@H](C)c1nc(Cl)ccc1F. The Labute approximate surface area is 98.3 Å². The topological polar surface area (TPSA) is 60.5 Å². The van der Waals surface area contributed by atoms with E-state index in [0.717, 1.165) is 0 Å². The van der Waals surface area contributed by atoms with Gasteiger partial charge in [0.05, 0.1) is 12.3 Å². The number of nitrogens with two attached hydrogens (primary N) is 1. The molecule has 0 aliphatic heterocycles. The Hall–Kier alpha value is -1.36. The summed E-state index contributed by atoms with van der Waals surface area (Å²) in [6.07, 6.45) is 0. The number of ether oxygens (including phenoxy) is 1. The van der Waals surface area contributed by atoms with Gasteiger partial charge in [-0.2, -0.15) is 0 Å². The van der Waals surface area contributed by atoms with Crippen LogP contribution in [0.1, 0.15) is 18.5 Å². The molecule has 0 saturated carbocycles. The Morgan fingerprint density at radius 3 is 3.00 bits per heavy atom. The smallest absolute Gasteiger partial charge is 0.281 e. The molecule has 1 rings (SSSR count). The van der Waals surface area contributed by atoms with Crippen LogP contribution in [0.25, 0.3) is 0 Å². The van der Waals surface area contributed by atoms with Crippen LogP contribution < -0.4 is 5.73 Å². The fraction of sp³-hybridized carbons (Fsp3) is 0.400.